The minimum atomic E-state index is -4.63. The third kappa shape index (κ3) is 4.93. The van der Waals surface area contributed by atoms with Crippen LogP contribution in [-0.4, -0.2) is 51.6 Å². The Morgan fingerprint density at radius 1 is 1.18 bits per heavy atom. The van der Waals surface area contributed by atoms with Crippen molar-refractivity contribution in [3.05, 3.63) is 76.4 Å². The van der Waals surface area contributed by atoms with Gasteiger partial charge in [0.25, 0.3) is 5.91 Å². The van der Waals surface area contributed by atoms with Crippen LogP contribution in [0.4, 0.5) is 18.9 Å². The molecule has 8 nitrogen and oxygen atoms in total. The smallest absolute Gasteiger partial charge is 0.387 e. The highest BCUT2D eigenvalue weighted by Crippen LogP contribution is 2.40. The van der Waals surface area contributed by atoms with Crippen molar-refractivity contribution in [2.45, 2.75) is 50.6 Å². The van der Waals surface area contributed by atoms with Crippen LogP contribution < -0.4 is 10.2 Å². The molecule has 2 aromatic carbocycles. The van der Waals surface area contributed by atoms with E-state index in [1.165, 1.54) is 11.0 Å². The van der Waals surface area contributed by atoms with Crippen LogP contribution in [0.3, 0.4) is 0 Å². The molecule has 0 spiro atoms. The molecule has 5 rings (SSSR count). The summed E-state index contributed by atoms with van der Waals surface area (Å²) in [7, 11) is 1.87. The molecule has 2 N–H and O–H groups in total. The van der Waals surface area contributed by atoms with Crippen LogP contribution in [0.15, 0.2) is 42.7 Å². The Morgan fingerprint density at radius 2 is 1.95 bits per heavy atom. The Morgan fingerprint density at radius 3 is 2.55 bits per heavy atom. The molecule has 0 radical (unpaired) electrons. The number of aryl methyl sites for hydroxylation is 1. The third-order valence-electron chi connectivity index (χ3n) is 7.27. The minimum Gasteiger partial charge on any atom is -0.387 e. The number of aliphatic hydroxyl groups excluding tert-OH is 1. The standard InChI is InChI=1S/C27H30F3N5O3/c1-16(2)31-11-23(36)18-6-20(27(28,29)30)8-21(7-18)35-12-17-4-5-19(9-22(17)25(35)37)26(13-38-14-26)10-24-33-32-15-34(24)3/h4-9,15-16,23,31,36H,10-14H2,1-3H3. The molecule has 1 saturated heterocycles. The summed E-state index contributed by atoms with van der Waals surface area (Å²) in [6, 6.07) is 9.05. The second-order valence-electron chi connectivity index (χ2n) is 10.5. The maximum absolute atomic E-state index is 13.8. The third-order valence-corrected chi connectivity index (χ3v) is 7.27. The number of aromatic nitrogens is 3. The first-order valence-corrected chi connectivity index (χ1v) is 12.5. The summed E-state index contributed by atoms with van der Waals surface area (Å²) in [4.78, 5) is 14.9. The van der Waals surface area contributed by atoms with E-state index < -0.39 is 17.8 Å². The zero-order valence-electron chi connectivity index (χ0n) is 21.4. The van der Waals surface area contributed by atoms with E-state index in [1.54, 1.807) is 6.33 Å². The summed E-state index contributed by atoms with van der Waals surface area (Å²) >= 11 is 0. The Hall–Kier alpha value is -3.28. The molecule has 3 aromatic rings. The second-order valence-corrected chi connectivity index (χ2v) is 10.5. The summed E-state index contributed by atoms with van der Waals surface area (Å²) in [5, 5.41) is 21.8. The van der Waals surface area contributed by atoms with E-state index in [4.69, 9.17) is 4.74 Å². The van der Waals surface area contributed by atoms with Gasteiger partial charge in [-0.3, -0.25) is 4.79 Å². The van der Waals surface area contributed by atoms with Gasteiger partial charge in [0.15, 0.2) is 0 Å². The fraction of sp³-hybridized carbons (Fsp3) is 0.444. The maximum Gasteiger partial charge on any atom is 0.416 e. The molecule has 202 valence electrons. The number of alkyl halides is 3. The Bertz CT molecular complexity index is 1350. The van der Waals surface area contributed by atoms with Gasteiger partial charge in [0, 0.05) is 42.7 Å². The van der Waals surface area contributed by atoms with Crippen LogP contribution >= 0.6 is 0 Å². The van der Waals surface area contributed by atoms with Gasteiger partial charge in [0.1, 0.15) is 12.2 Å². The molecule has 11 heteroatoms. The number of rotatable bonds is 8. The molecule has 0 bridgehead atoms. The molecule has 38 heavy (non-hydrogen) atoms. The number of halogens is 3. The predicted molar refractivity (Wildman–Crippen MR) is 134 cm³/mol. The van der Waals surface area contributed by atoms with Gasteiger partial charge in [-0.1, -0.05) is 26.0 Å². The molecule has 1 unspecified atom stereocenters. The normalized spacial score (nSPS) is 17.6. The summed E-state index contributed by atoms with van der Waals surface area (Å²) < 4.78 is 48.7. The quantitative estimate of drug-likeness (QED) is 0.464. The number of anilines is 1. The molecule has 1 atom stereocenters. The lowest BCUT2D eigenvalue weighted by atomic mass is 9.75. The highest BCUT2D eigenvalue weighted by molar-refractivity contribution is 6.10. The van der Waals surface area contributed by atoms with Gasteiger partial charge in [-0.25, -0.2) is 0 Å². The van der Waals surface area contributed by atoms with Crippen molar-refractivity contribution < 1.29 is 27.8 Å². The number of amides is 1. The largest absolute Gasteiger partial charge is 0.416 e. The first-order valence-electron chi connectivity index (χ1n) is 12.5. The monoisotopic (exact) mass is 529 g/mol. The van der Waals surface area contributed by atoms with E-state index in [9.17, 15) is 23.1 Å². The number of benzene rings is 2. The SMILES string of the molecule is CC(C)NCC(O)c1cc(N2Cc3ccc(C4(Cc5nncn5C)COC4)cc3C2=O)cc(C(F)(F)F)c1. The molecule has 2 aliphatic rings. The van der Waals surface area contributed by atoms with Crippen molar-refractivity contribution in [3.8, 4) is 0 Å². The van der Waals surface area contributed by atoms with E-state index in [1.807, 2.05) is 43.7 Å². The van der Waals surface area contributed by atoms with Crippen LogP contribution in [0.1, 0.15) is 58.4 Å². The number of nitrogens with one attached hydrogen (secondary N) is 1. The highest BCUT2D eigenvalue weighted by Gasteiger charge is 2.43. The average molecular weight is 530 g/mol. The molecular weight excluding hydrogens is 499 g/mol. The van der Waals surface area contributed by atoms with Gasteiger partial charge in [-0.05, 0) is 41.0 Å². The second kappa shape index (κ2) is 9.79. The highest BCUT2D eigenvalue weighted by atomic mass is 19.4. The topological polar surface area (TPSA) is 92.5 Å². The predicted octanol–water partition coefficient (Wildman–Crippen LogP) is 3.54. The lowest BCUT2D eigenvalue weighted by molar-refractivity contribution is -0.137. The van der Waals surface area contributed by atoms with Gasteiger partial charge in [0.05, 0.1) is 31.4 Å². The lowest BCUT2D eigenvalue weighted by Gasteiger charge is -2.41. The molecule has 1 amide bonds. The summed E-state index contributed by atoms with van der Waals surface area (Å²) in [5.41, 5.74) is 1.03. The van der Waals surface area contributed by atoms with Crippen LogP contribution in [0.2, 0.25) is 0 Å². The zero-order chi connectivity index (χ0) is 27.2. The minimum absolute atomic E-state index is 0.0526. The molecule has 1 aromatic heterocycles. The molecule has 0 saturated carbocycles. The maximum atomic E-state index is 13.8. The fourth-order valence-corrected chi connectivity index (χ4v) is 4.94. The van der Waals surface area contributed by atoms with Crippen molar-refractivity contribution in [1.29, 1.82) is 0 Å². The van der Waals surface area contributed by atoms with E-state index in [0.29, 0.717) is 25.2 Å². The van der Waals surface area contributed by atoms with E-state index in [-0.39, 0.29) is 41.7 Å². The first kappa shape index (κ1) is 26.3. The molecule has 0 aliphatic carbocycles. The Labute approximate surface area is 218 Å². The number of carbonyl (C=O) groups is 1. The Balaban J connectivity index is 1.45. The summed E-state index contributed by atoms with van der Waals surface area (Å²) in [6.07, 6.45) is -3.58. The van der Waals surface area contributed by atoms with Gasteiger partial charge in [-0.2, -0.15) is 13.2 Å². The zero-order valence-corrected chi connectivity index (χ0v) is 21.4. The number of hydrogen-bond donors (Lipinski definition) is 2. The van der Waals surface area contributed by atoms with Crippen molar-refractivity contribution in [2.24, 2.45) is 7.05 Å². The fourth-order valence-electron chi connectivity index (χ4n) is 4.94. The van der Waals surface area contributed by atoms with Gasteiger partial charge >= 0.3 is 6.18 Å². The number of hydrogen-bond acceptors (Lipinski definition) is 6. The van der Waals surface area contributed by atoms with E-state index in [2.05, 4.69) is 15.5 Å². The van der Waals surface area contributed by atoms with Crippen LogP contribution in [0.5, 0.6) is 0 Å². The number of fused-ring (bicyclic) bond motifs is 1. The van der Waals surface area contributed by atoms with Crippen molar-refractivity contribution >= 4 is 11.6 Å². The first-order chi connectivity index (χ1) is 18.0. The number of aliphatic hydroxyl groups is 1. The van der Waals surface area contributed by atoms with Gasteiger partial charge in [-0.15, -0.1) is 10.2 Å². The van der Waals surface area contributed by atoms with Crippen LogP contribution in [0.25, 0.3) is 0 Å². The van der Waals surface area contributed by atoms with Crippen molar-refractivity contribution in [2.75, 3.05) is 24.7 Å². The summed E-state index contributed by atoms with van der Waals surface area (Å²) in [5.74, 6) is 0.416. The van der Waals surface area contributed by atoms with E-state index >= 15 is 0 Å². The van der Waals surface area contributed by atoms with Gasteiger partial charge < -0.3 is 24.6 Å². The van der Waals surface area contributed by atoms with Crippen molar-refractivity contribution in [3.63, 3.8) is 0 Å². The van der Waals surface area contributed by atoms with E-state index in [0.717, 1.165) is 29.1 Å². The number of ether oxygens (including phenoxy) is 1. The average Bonchev–Trinajstić information content (AvgIpc) is 3.40. The van der Waals surface area contributed by atoms with Gasteiger partial charge in [0.2, 0.25) is 0 Å². The molecular formula is C27H30F3N5O3. The summed E-state index contributed by atoms with van der Waals surface area (Å²) in [6.45, 7) is 4.93. The van der Waals surface area contributed by atoms with Crippen LogP contribution in [0, 0.1) is 0 Å². The number of nitrogens with zero attached hydrogens (tertiary/aromatic N) is 4. The molecule has 2 aliphatic heterocycles. The number of carbonyl (C=O) groups excluding carboxylic acids is 1. The van der Waals surface area contributed by atoms with Crippen LogP contribution in [-0.2, 0) is 36.3 Å². The molecule has 1 fully saturated rings. The molecule has 3 heterocycles. The lowest BCUT2D eigenvalue weighted by Crippen LogP contribution is -2.49. The van der Waals surface area contributed by atoms with Crippen molar-refractivity contribution in [1.82, 2.24) is 20.1 Å². The Kier molecular flexibility index (Phi) is 6.79.